The highest BCUT2D eigenvalue weighted by Gasteiger charge is 2.38. The molecule has 1 N–H and O–H groups in total. The Kier molecular flexibility index (Phi) is 4.79. The number of aromatic nitrogens is 1. The molecular formula is C13H16ClN3O3. The molecule has 0 aliphatic carbocycles. The van der Waals surface area contributed by atoms with E-state index in [9.17, 15) is 9.59 Å². The number of hydrogen-bond acceptors (Lipinski definition) is 5. The van der Waals surface area contributed by atoms with Crippen molar-refractivity contribution in [1.82, 2.24) is 10.4 Å². The lowest BCUT2D eigenvalue weighted by Gasteiger charge is -2.23. The monoisotopic (exact) mass is 297 g/mol. The van der Waals surface area contributed by atoms with E-state index in [2.05, 4.69) is 10.4 Å². The molecule has 0 radical (unpaired) electrons. The van der Waals surface area contributed by atoms with Crippen molar-refractivity contribution in [2.75, 3.05) is 11.6 Å². The molecule has 20 heavy (non-hydrogen) atoms. The average molecular weight is 298 g/mol. The van der Waals surface area contributed by atoms with Gasteiger partial charge in [-0.05, 0) is 18.6 Å². The first-order valence-electron chi connectivity index (χ1n) is 6.49. The van der Waals surface area contributed by atoms with Gasteiger partial charge in [0.2, 0.25) is 5.91 Å². The van der Waals surface area contributed by atoms with E-state index >= 15 is 0 Å². The Hall–Kier alpha value is -1.82. The summed E-state index contributed by atoms with van der Waals surface area (Å²) in [7, 11) is 0. The molecule has 0 bridgehead atoms. The van der Waals surface area contributed by atoms with Gasteiger partial charge in [0.05, 0.1) is 18.1 Å². The molecule has 0 saturated carbocycles. The maximum Gasteiger partial charge on any atom is 0.331 e. The van der Waals surface area contributed by atoms with E-state index in [-0.39, 0.29) is 12.3 Å². The Bertz CT molecular complexity index is 509. The minimum atomic E-state index is -0.730. The number of carbonyl (C=O) groups is 2. The first kappa shape index (κ1) is 14.6. The van der Waals surface area contributed by atoms with Crippen molar-refractivity contribution in [2.45, 2.75) is 32.2 Å². The molecule has 1 amide bonds. The normalized spacial score (nSPS) is 18.0. The van der Waals surface area contributed by atoms with E-state index in [0.717, 1.165) is 12.8 Å². The molecule has 6 nitrogen and oxygen atoms in total. The number of nitrogens with zero attached hydrogens (tertiary/aromatic N) is 2. The number of amides is 1. The van der Waals surface area contributed by atoms with Crippen LogP contribution in [0.2, 0.25) is 5.02 Å². The summed E-state index contributed by atoms with van der Waals surface area (Å²) in [5, 5.41) is 1.74. The lowest BCUT2D eigenvalue weighted by Crippen LogP contribution is -2.44. The summed E-state index contributed by atoms with van der Waals surface area (Å²) in [6.07, 6.45) is 3.32. The molecule has 1 fully saturated rings. The number of esters is 1. The molecule has 0 spiro atoms. The molecule has 1 aliphatic heterocycles. The summed E-state index contributed by atoms with van der Waals surface area (Å²) in [5.74, 6) is -0.361. The fraction of sp³-hybridized carbons (Fsp3) is 0.462. The van der Waals surface area contributed by atoms with E-state index in [1.807, 2.05) is 6.92 Å². The second kappa shape index (κ2) is 6.56. The van der Waals surface area contributed by atoms with Crippen molar-refractivity contribution in [3.8, 4) is 0 Å². The Morgan fingerprint density at radius 1 is 1.65 bits per heavy atom. The Labute approximate surface area is 122 Å². The van der Waals surface area contributed by atoms with E-state index in [1.54, 1.807) is 18.3 Å². The second-order valence-electron chi connectivity index (χ2n) is 4.45. The second-order valence-corrected chi connectivity index (χ2v) is 4.86. The number of unbranched alkanes of at least 4 members (excludes halogenated alkanes) is 1. The quantitative estimate of drug-likeness (QED) is 0.661. The van der Waals surface area contributed by atoms with Crippen LogP contribution in [0, 0.1) is 0 Å². The van der Waals surface area contributed by atoms with E-state index < -0.39 is 12.0 Å². The summed E-state index contributed by atoms with van der Waals surface area (Å²) in [5.41, 5.74) is 2.58. The van der Waals surface area contributed by atoms with Gasteiger partial charge in [-0.3, -0.25) is 15.2 Å². The van der Waals surface area contributed by atoms with Crippen molar-refractivity contribution in [1.29, 1.82) is 0 Å². The van der Waals surface area contributed by atoms with Crippen LogP contribution < -0.4 is 10.4 Å². The molecule has 1 atom stereocenters. The molecule has 7 heteroatoms. The van der Waals surface area contributed by atoms with Crippen LogP contribution in [0.3, 0.4) is 0 Å². The topological polar surface area (TPSA) is 71.5 Å². The van der Waals surface area contributed by atoms with Crippen molar-refractivity contribution in [3.05, 3.63) is 23.4 Å². The summed E-state index contributed by atoms with van der Waals surface area (Å²) >= 11 is 6.04. The van der Waals surface area contributed by atoms with Gasteiger partial charge in [0, 0.05) is 6.20 Å². The predicted molar refractivity (Wildman–Crippen MR) is 74.1 cm³/mol. The third-order valence-electron chi connectivity index (χ3n) is 2.92. The number of pyridine rings is 1. The van der Waals surface area contributed by atoms with Crippen LogP contribution >= 0.6 is 11.6 Å². The van der Waals surface area contributed by atoms with Crippen molar-refractivity contribution in [3.63, 3.8) is 0 Å². The molecule has 1 unspecified atom stereocenters. The zero-order valence-electron chi connectivity index (χ0n) is 11.1. The zero-order valence-corrected chi connectivity index (χ0v) is 11.9. The minimum Gasteiger partial charge on any atom is -0.464 e. The van der Waals surface area contributed by atoms with Gasteiger partial charge >= 0.3 is 5.97 Å². The van der Waals surface area contributed by atoms with Gasteiger partial charge < -0.3 is 4.74 Å². The predicted octanol–water partition coefficient (Wildman–Crippen LogP) is 1.69. The Morgan fingerprint density at radius 3 is 3.15 bits per heavy atom. The Morgan fingerprint density at radius 2 is 2.45 bits per heavy atom. The van der Waals surface area contributed by atoms with Gasteiger partial charge in [0.1, 0.15) is 0 Å². The number of halogens is 1. The van der Waals surface area contributed by atoms with Crippen molar-refractivity contribution < 1.29 is 14.3 Å². The van der Waals surface area contributed by atoms with E-state index in [1.165, 1.54) is 5.01 Å². The highest BCUT2D eigenvalue weighted by molar-refractivity contribution is 6.33. The highest BCUT2D eigenvalue weighted by atomic mass is 35.5. The third kappa shape index (κ3) is 3.19. The summed E-state index contributed by atoms with van der Waals surface area (Å²) in [6.45, 7) is 2.36. The standard InChI is InChI=1S/C13H16ClN3O3/c1-2-3-7-20-13(19)10-8-11(18)16-17(10)12-9(14)5-4-6-15-12/h4-6,10H,2-3,7-8H2,1H3,(H,16,18). The van der Waals surface area contributed by atoms with Gasteiger partial charge in [-0.2, -0.15) is 0 Å². The molecule has 1 aromatic heterocycles. The van der Waals surface area contributed by atoms with Crippen LogP contribution in [0.15, 0.2) is 18.3 Å². The number of nitrogens with one attached hydrogen (secondary N) is 1. The van der Waals surface area contributed by atoms with E-state index in [4.69, 9.17) is 16.3 Å². The number of rotatable bonds is 5. The molecule has 1 saturated heterocycles. The van der Waals surface area contributed by atoms with Gasteiger partial charge in [-0.25, -0.2) is 9.78 Å². The molecule has 1 aromatic rings. The molecule has 1 aliphatic rings. The van der Waals surface area contributed by atoms with Gasteiger partial charge in [-0.1, -0.05) is 24.9 Å². The Balaban J connectivity index is 2.13. The largest absolute Gasteiger partial charge is 0.464 e. The van der Waals surface area contributed by atoms with Crippen molar-refractivity contribution >= 4 is 29.3 Å². The van der Waals surface area contributed by atoms with Crippen LogP contribution in [0.5, 0.6) is 0 Å². The van der Waals surface area contributed by atoms with Gasteiger partial charge in [0.25, 0.3) is 0 Å². The van der Waals surface area contributed by atoms with Gasteiger partial charge in [0.15, 0.2) is 11.9 Å². The molecular weight excluding hydrogens is 282 g/mol. The fourth-order valence-corrected chi connectivity index (χ4v) is 2.09. The number of hydrogen-bond donors (Lipinski definition) is 1. The molecule has 0 aromatic carbocycles. The zero-order chi connectivity index (χ0) is 14.5. The van der Waals surface area contributed by atoms with Crippen LogP contribution in [0.25, 0.3) is 0 Å². The number of ether oxygens (including phenoxy) is 1. The molecule has 2 rings (SSSR count). The summed E-state index contributed by atoms with van der Waals surface area (Å²) in [6, 6.07) is 2.60. The number of anilines is 1. The van der Waals surface area contributed by atoms with Crippen molar-refractivity contribution in [2.24, 2.45) is 0 Å². The first-order chi connectivity index (χ1) is 9.63. The first-order valence-corrected chi connectivity index (χ1v) is 6.87. The maximum absolute atomic E-state index is 12.0. The van der Waals surface area contributed by atoms with E-state index in [0.29, 0.717) is 17.4 Å². The van der Waals surface area contributed by atoms with Gasteiger partial charge in [-0.15, -0.1) is 0 Å². The molecule has 108 valence electrons. The average Bonchev–Trinajstić information content (AvgIpc) is 2.81. The highest BCUT2D eigenvalue weighted by Crippen LogP contribution is 2.26. The number of carbonyl (C=O) groups excluding carboxylic acids is 2. The SMILES string of the molecule is CCCCOC(=O)C1CC(=O)NN1c1ncccc1Cl. The molecule has 2 heterocycles. The minimum absolute atomic E-state index is 0.0395. The summed E-state index contributed by atoms with van der Waals surface area (Å²) in [4.78, 5) is 27.7. The lowest BCUT2D eigenvalue weighted by molar-refractivity contribution is -0.145. The smallest absolute Gasteiger partial charge is 0.331 e. The maximum atomic E-state index is 12.0. The van der Waals surface area contributed by atoms with Crippen LogP contribution in [-0.4, -0.2) is 29.5 Å². The van der Waals surface area contributed by atoms with Crippen LogP contribution in [0.4, 0.5) is 5.82 Å². The van der Waals surface area contributed by atoms with Crippen LogP contribution in [-0.2, 0) is 14.3 Å². The fourth-order valence-electron chi connectivity index (χ4n) is 1.88. The number of hydrazine groups is 1. The summed E-state index contributed by atoms with van der Waals surface area (Å²) < 4.78 is 5.16. The third-order valence-corrected chi connectivity index (χ3v) is 3.21. The lowest BCUT2D eigenvalue weighted by atomic mass is 10.2. The van der Waals surface area contributed by atoms with Crippen LogP contribution in [0.1, 0.15) is 26.2 Å².